The molecule has 1 aliphatic heterocycles. The second-order valence-corrected chi connectivity index (χ2v) is 7.43. The number of nitrogens with two attached hydrogens (primary N) is 1. The number of sulfonamides is 1. The molecule has 1 aromatic rings. The third-order valence-electron chi connectivity index (χ3n) is 4.25. The van der Waals surface area contributed by atoms with E-state index in [1.54, 1.807) is 13.0 Å². The fourth-order valence-electron chi connectivity index (χ4n) is 2.89. The Hall–Kier alpha value is -1.11. The minimum Gasteiger partial charge on any atom is -0.398 e. The van der Waals surface area contributed by atoms with Gasteiger partial charge in [0.2, 0.25) is 10.0 Å². The highest BCUT2D eigenvalue weighted by Gasteiger charge is 2.27. The molecule has 1 fully saturated rings. The van der Waals surface area contributed by atoms with Crippen LogP contribution in [0.5, 0.6) is 0 Å². The monoisotopic (exact) mass is 311 g/mol. The van der Waals surface area contributed by atoms with E-state index in [1.165, 1.54) is 0 Å². The number of anilines is 1. The molecule has 1 atom stereocenters. The Kier molecular flexibility index (Phi) is 4.91. The molecule has 118 valence electrons. The smallest absolute Gasteiger partial charge is 0.243 e. The van der Waals surface area contributed by atoms with Crippen molar-refractivity contribution in [2.45, 2.75) is 44.6 Å². The number of likely N-dealkylation sites (tertiary alicyclic amines) is 1. The van der Waals surface area contributed by atoms with Crippen LogP contribution >= 0.6 is 0 Å². The van der Waals surface area contributed by atoms with Crippen LogP contribution < -0.4 is 10.5 Å². The highest BCUT2D eigenvalue weighted by atomic mass is 32.2. The van der Waals surface area contributed by atoms with Crippen molar-refractivity contribution < 1.29 is 8.42 Å². The number of rotatable bonds is 4. The minimum absolute atomic E-state index is 0.0389. The summed E-state index contributed by atoms with van der Waals surface area (Å²) in [6.07, 6.45) is 1.89. The van der Waals surface area contributed by atoms with Gasteiger partial charge in [0.25, 0.3) is 0 Å². The number of piperidine rings is 1. The molecule has 5 nitrogen and oxygen atoms in total. The highest BCUT2D eigenvalue weighted by Crippen LogP contribution is 2.26. The van der Waals surface area contributed by atoms with E-state index in [0.717, 1.165) is 43.6 Å². The second kappa shape index (κ2) is 6.34. The summed E-state index contributed by atoms with van der Waals surface area (Å²) < 4.78 is 28.2. The van der Waals surface area contributed by atoms with Crippen molar-refractivity contribution in [1.29, 1.82) is 0 Å². The number of nitrogens with zero attached hydrogens (tertiary/aromatic N) is 1. The summed E-state index contributed by atoms with van der Waals surface area (Å²) in [6.45, 7) is 8.55. The van der Waals surface area contributed by atoms with Crippen LogP contribution in [0.3, 0.4) is 0 Å². The van der Waals surface area contributed by atoms with Crippen molar-refractivity contribution in [3.8, 4) is 0 Å². The van der Waals surface area contributed by atoms with Gasteiger partial charge in [-0.25, -0.2) is 13.1 Å². The highest BCUT2D eigenvalue weighted by molar-refractivity contribution is 7.89. The Bertz CT molecular complexity index is 614. The maximum absolute atomic E-state index is 12.7. The van der Waals surface area contributed by atoms with Crippen molar-refractivity contribution in [2.75, 3.05) is 25.4 Å². The molecule has 0 amide bonds. The van der Waals surface area contributed by atoms with Gasteiger partial charge in [-0.15, -0.1) is 0 Å². The Morgan fingerprint density at radius 2 is 2.10 bits per heavy atom. The summed E-state index contributed by atoms with van der Waals surface area (Å²) in [4.78, 5) is 2.50. The molecule has 6 heteroatoms. The molecule has 1 aromatic carbocycles. The molecule has 0 aromatic heterocycles. The van der Waals surface area contributed by atoms with Crippen LogP contribution in [-0.4, -0.2) is 39.0 Å². The van der Waals surface area contributed by atoms with Gasteiger partial charge in [-0.05, 0) is 57.0 Å². The van der Waals surface area contributed by atoms with Crippen molar-refractivity contribution >= 4 is 15.7 Å². The zero-order valence-electron chi connectivity index (χ0n) is 13.0. The summed E-state index contributed by atoms with van der Waals surface area (Å²) in [6, 6.07) is 3.47. The Morgan fingerprint density at radius 3 is 2.76 bits per heavy atom. The van der Waals surface area contributed by atoms with Crippen LogP contribution in [0.4, 0.5) is 5.69 Å². The third kappa shape index (κ3) is 3.56. The van der Waals surface area contributed by atoms with Gasteiger partial charge in [-0.2, -0.15) is 0 Å². The van der Waals surface area contributed by atoms with Gasteiger partial charge in [0.15, 0.2) is 0 Å². The zero-order valence-corrected chi connectivity index (χ0v) is 13.8. The van der Waals surface area contributed by atoms with Gasteiger partial charge in [-0.3, -0.25) is 0 Å². The van der Waals surface area contributed by atoms with E-state index in [0.29, 0.717) is 5.69 Å². The summed E-state index contributed by atoms with van der Waals surface area (Å²) in [5.41, 5.74) is 7.88. The van der Waals surface area contributed by atoms with E-state index in [9.17, 15) is 8.42 Å². The average molecular weight is 311 g/mol. The van der Waals surface area contributed by atoms with Gasteiger partial charge < -0.3 is 10.6 Å². The molecule has 0 bridgehead atoms. The molecule has 21 heavy (non-hydrogen) atoms. The summed E-state index contributed by atoms with van der Waals surface area (Å²) in [5.74, 6) is 0. The predicted molar refractivity (Wildman–Crippen MR) is 85.8 cm³/mol. The van der Waals surface area contributed by atoms with Crippen molar-refractivity contribution in [2.24, 2.45) is 0 Å². The molecule has 2 rings (SSSR count). The molecule has 1 aliphatic rings. The van der Waals surface area contributed by atoms with Gasteiger partial charge >= 0.3 is 0 Å². The van der Waals surface area contributed by atoms with E-state index in [4.69, 9.17) is 5.73 Å². The molecule has 0 radical (unpaired) electrons. The number of nitrogen functional groups attached to an aromatic ring is 1. The molecule has 1 unspecified atom stereocenters. The number of likely N-dealkylation sites (N-methyl/N-ethyl adjacent to an activating group) is 1. The molecule has 0 saturated carbocycles. The Labute approximate surface area is 127 Å². The van der Waals surface area contributed by atoms with Gasteiger partial charge in [0, 0.05) is 12.6 Å². The fraction of sp³-hybridized carbons (Fsp3) is 0.600. The van der Waals surface area contributed by atoms with Crippen molar-refractivity contribution in [1.82, 2.24) is 9.62 Å². The van der Waals surface area contributed by atoms with Gasteiger partial charge in [0.05, 0.1) is 5.69 Å². The lowest BCUT2D eigenvalue weighted by Crippen LogP contribution is -2.47. The number of aryl methyl sites for hydroxylation is 1. The zero-order chi connectivity index (χ0) is 15.6. The van der Waals surface area contributed by atoms with Crippen molar-refractivity contribution in [3.63, 3.8) is 0 Å². The number of benzene rings is 1. The summed E-state index contributed by atoms with van der Waals surface area (Å²) >= 11 is 0. The number of hydrogen-bond donors (Lipinski definition) is 2. The normalized spacial score (nSPS) is 20.6. The van der Waals surface area contributed by atoms with Crippen LogP contribution in [0, 0.1) is 13.8 Å². The van der Waals surface area contributed by atoms with Gasteiger partial charge in [-0.1, -0.05) is 13.0 Å². The molecule has 1 heterocycles. The lowest BCUT2D eigenvalue weighted by atomic mass is 10.1. The lowest BCUT2D eigenvalue weighted by Gasteiger charge is -2.32. The van der Waals surface area contributed by atoms with Crippen LogP contribution in [-0.2, 0) is 10.0 Å². The number of nitrogens with one attached hydrogen (secondary N) is 1. The molecular formula is C15H25N3O2S. The SMILES string of the molecule is CCN1CCCC(NS(=O)(=O)c2c(N)ccc(C)c2C)C1. The standard InChI is InChI=1S/C15H25N3O2S/c1-4-18-9-5-6-13(10-18)17-21(19,20)15-12(3)11(2)7-8-14(15)16/h7-8,13,17H,4-6,9-10,16H2,1-3H3. The minimum atomic E-state index is -3.58. The molecule has 0 spiro atoms. The second-order valence-electron chi connectivity index (χ2n) is 5.78. The third-order valence-corrected chi connectivity index (χ3v) is 5.97. The molecule has 3 N–H and O–H groups in total. The van der Waals surface area contributed by atoms with Crippen LogP contribution in [0.25, 0.3) is 0 Å². The Balaban J connectivity index is 2.25. The molecular weight excluding hydrogens is 286 g/mol. The molecule has 0 aliphatic carbocycles. The average Bonchev–Trinajstić information content (AvgIpc) is 2.42. The lowest BCUT2D eigenvalue weighted by molar-refractivity contribution is 0.211. The van der Waals surface area contributed by atoms with Gasteiger partial charge in [0.1, 0.15) is 4.90 Å². The molecule has 1 saturated heterocycles. The van der Waals surface area contributed by atoms with Crippen LogP contribution in [0.15, 0.2) is 17.0 Å². The maximum Gasteiger partial charge on any atom is 0.243 e. The first-order valence-electron chi connectivity index (χ1n) is 7.45. The summed E-state index contributed by atoms with van der Waals surface area (Å²) in [5, 5.41) is 0. The van der Waals surface area contributed by atoms with E-state index in [-0.39, 0.29) is 10.9 Å². The Morgan fingerprint density at radius 1 is 1.38 bits per heavy atom. The summed E-state index contributed by atoms with van der Waals surface area (Å²) in [7, 11) is -3.58. The quantitative estimate of drug-likeness (QED) is 0.829. The van der Waals surface area contributed by atoms with Crippen LogP contribution in [0.2, 0.25) is 0 Å². The van der Waals surface area contributed by atoms with Crippen LogP contribution in [0.1, 0.15) is 30.9 Å². The largest absolute Gasteiger partial charge is 0.398 e. The number of hydrogen-bond acceptors (Lipinski definition) is 4. The maximum atomic E-state index is 12.7. The van der Waals surface area contributed by atoms with E-state index >= 15 is 0 Å². The van der Waals surface area contributed by atoms with Crippen molar-refractivity contribution in [3.05, 3.63) is 23.3 Å². The van der Waals surface area contributed by atoms with E-state index in [1.807, 2.05) is 13.0 Å². The first-order chi connectivity index (χ1) is 9.85. The predicted octanol–water partition coefficient (Wildman–Crippen LogP) is 1.65. The van der Waals surface area contributed by atoms with E-state index < -0.39 is 10.0 Å². The first-order valence-corrected chi connectivity index (χ1v) is 8.94. The topological polar surface area (TPSA) is 75.4 Å². The fourth-order valence-corrected chi connectivity index (χ4v) is 4.58. The first kappa shape index (κ1) is 16.3. The van der Waals surface area contributed by atoms with E-state index in [2.05, 4.69) is 16.5 Å².